The summed E-state index contributed by atoms with van der Waals surface area (Å²) in [5.74, 6) is 1.32. The number of amides is 1. The van der Waals surface area contributed by atoms with E-state index in [1.165, 1.54) is 81.9 Å². The lowest BCUT2D eigenvalue weighted by atomic mass is 9.99. The molecule has 0 saturated heterocycles. The Labute approximate surface area is 151 Å². The van der Waals surface area contributed by atoms with E-state index in [0.29, 0.717) is 0 Å². The van der Waals surface area contributed by atoms with Crippen LogP contribution in [0.25, 0.3) is 0 Å². The van der Waals surface area contributed by atoms with Crippen molar-refractivity contribution in [2.45, 2.75) is 96.3 Å². The van der Waals surface area contributed by atoms with Crippen LogP contribution in [0, 0.1) is 5.92 Å². The highest BCUT2D eigenvalue weighted by molar-refractivity contribution is 5.75. The number of hydrogen-bond acceptors (Lipinski definition) is 1. The van der Waals surface area contributed by atoms with Crippen molar-refractivity contribution in [1.29, 1.82) is 0 Å². The minimum Gasteiger partial charge on any atom is -0.356 e. The molecule has 3 heteroatoms. The first kappa shape index (κ1) is 21.5. The second-order valence-corrected chi connectivity index (χ2v) is 8.18. The summed E-state index contributed by atoms with van der Waals surface area (Å²) >= 11 is 0. The number of carbonyl (C=O) groups excluding carboxylic acids is 1. The highest BCUT2D eigenvalue weighted by atomic mass is 16.1. The monoisotopic (exact) mass is 339 g/mol. The molecule has 2 N–H and O–H groups in total. The van der Waals surface area contributed by atoms with Crippen molar-refractivity contribution in [3.05, 3.63) is 0 Å². The van der Waals surface area contributed by atoms with E-state index in [4.69, 9.17) is 0 Å². The normalized spacial score (nSPS) is 15.3. The molecule has 0 aromatic carbocycles. The van der Waals surface area contributed by atoms with Gasteiger partial charge in [0.15, 0.2) is 0 Å². The Morgan fingerprint density at radius 2 is 1.46 bits per heavy atom. The minimum absolute atomic E-state index is 0.246. The van der Waals surface area contributed by atoms with Gasteiger partial charge in [0.25, 0.3) is 0 Å². The van der Waals surface area contributed by atoms with Crippen LogP contribution in [0.5, 0.6) is 0 Å². The molecule has 0 bridgehead atoms. The molecule has 1 aliphatic carbocycles. The molecule has 142 valence electrons. The van der Waals surface area contributed by atoms with Crippen molar-refractivity contribution in [1.82, 2.24) is 5.32 Å². The van der Waals surface area contributed by atoms with Gasteiger partial charge in [-0.2, -0.15) is 0 Å². The van der Waals surface area contributed by atoms with Crippen molar-refractivity contribution in [2.75, 3.05) is 27.2 Å². The van der Waals surface area contributed by atoms with Crippen LogP contribution >= 0.6 is 0 Å². The fourth-order valence-corrected chi connectivity index (χ4v) is 3.84. The molecule has 0 atom stereocenters. The van der Waals surface area contributed by atoms with Gasteiger partial charge in [-0.1, -0.05) is 77.0 Å². The summed E-state index contributed by atoms with van der Waals surface area (Å²) in [7, 11) is 4.30. The molecule has 1 aliphatic rings. The van der Waals surface area contributed by atoms with E-state index < -0.39 is 0 Å². The van der Waals surface area contributed by atoms with Gasteiger partial charge in [-0.05, 0) is 12.3 Å². The van der Waals surface area contributed by atoms with Crippen LogP contribution in [0.2, 0.25) is 0 Å². The molecule has 0 spiro atoms. The standard InChI is InChI=1S/C21H42N2O/c1-23(2)19-13-18-22-21(24)17-10-8-6-4-3-5-7-9-14-20-15-11-12-16-20/h20H,3-19H2,1-2H3,(H,22,24)/p+1. The summed E-state index contributed by atoms with van der Waals surface area (Å²) in [5.41, 5.74) is 0. The summed E-state index contributed by atoms with van der Waals surface area (Å²) in [5, 5.41) is 3.03. The number of rotatable bonds is 15. The van der Waals surface area contributed by atoms with Gasteiger partial charge in [-0.15, -0.1) is 0 Å². The number of quaternary nitrogens is 1. The van der Waals surface area contributed by atoms with E-state index in [1.807, 2.05) is 0 Å². The van der Waals surface area contributed by atoms with Gasteiger partial charge < -0.3 is 10.2 Å². The Hall–Kier alpha value is -0.570. The Morgan fingerprint density at radius 3 is 2.08 bits per heavy atom. The molecule has 0 radical (unpaired) electrons. The molecule has 1 fully saturated rings. The summed E-state index contributed by atoms with van der Waals surface area (Å²) in [6, 6.07) is 0. The Bertz CT molecular complexity index is 298. The first-order valence-corrected chi connectivity index (χ1v) is 10.7. The Morgan fingerprint density at radius 1 is 0.875 bits per heavy atom. The van der Waals surface area contributed by atoms with Crippen molar-refractivity contribution >= 4 is 5.91 Å². The van der Waals surface area contributed by atoms with Gasteiger partial charge in [0, 0.05) is 19.4 Å². The quantitative estimate of drug-likeness (QED) is 0.438. The van der Waals surface area contributed by atoms with Gasteiger partial charge in [0.2, 0.25) is 5.91 Å². The number of carbonyl (C=O) groups is 1. The average Bonchev–Trinajstić information content (AvgIpc) is 3.06. The van der Waals surface area contributed by atoms with Crippen LogP contribution in [-0.4, -0.2) is 33.1 Å². The molecular weight excluding hydrogens is 296 g/mol. The zero-order chi connectivity index (χ0) is 17.5. The maximum absolute atomic E-state index is 11.7. The zero-order valence-electron chi connectivity index (χ0n) is 16.5. The Kier molecular flexibility index (Phi) is 13.2. The Balaban J connectivity index is 1.74. The maximum atomic E-state index is 11.7. The number of unbranched alkanes of at least 4 members (excludes halogenated alkanes) is 7. The second kappa shape index (κ2) is 14.7. The molecule has 1 saturated carbocycles. The molecule has 0 aromatic heterocycles. The molecule has 1 rings (SSSR count). The highest BCUT2D eigenvalue weighted by Crippen LogP contribution is 2.29. The van der Waals surface area contributed by atoms with Crippen LogP contribution in [0.3, 0.4) is 0 Å². The maximum Gasteiger partial charge on any atom is 0.219 e. The van der Waals surface area contributed by atoms with Crippen LogP contribution in [0.1, 0.15) is 96.3 Å². The number of hydrogen-bond donors (Lipinski definition) is 2. The zero-order valence-corrected chi connectivity index (χ0v) is 16.5. The van der Waals surface area contributed by atoms with Crippen molar-refractivity contribution in [3.8, 4) is 0 Å². The van der Waals surface area contributed by atoms with Crippen molar-refractivity contribution < 1.29 is 9.69 Å². The summed E-state index contributed by atoms with van der Waals surface area (Å²) in [4.78, 5) is 13.1. The van der Waals surface area contributed by atoms with E-state index in [-0.39, 0.29) is 5.91 Å². The molecule has 0 aliphatic heterocycles. The van der Waals surface area contributed by atoms with Gasteiger partial charge in [0.05, 0.1) is 20.6 Å². The fourth-order valence-electron chi connectivity index (χ4n) is 3.84. The lowest BCUT2D eigenvalue weighted by molar-refractivity contribution is -0.858. The number of nitrogens with one attached hydrogen (secondary N) is 2. The third-order valence-electron chi connectivity index (χ3n) is 5.42. The molecule has 24 heavy (non-hydrogen) atoms. The van der Waals surface area contributed by atoms with Crippen LogP contribution in [0.15, 0.2) is 0 Å². The fraction of sp³-hybridized carbons (Fsp3) is 0.952. The van der Waals surface area contributed by atoms with E-state index in [0.717, 1.165) is 38.3 Å². The molecular formula is C21H43N2O+. The van der Waals surface area contributed by atoms with Crippen molar-refractivity contribution in [3.63, 3.8) is 0 Å². The summed E-state index contributed by atoms with van der Waals surface area (Å²) in [6.07, 6.45) is 19.9. The molecule has 0 aromatic rings. The molecule has 1 amide bonds. The summed E-state index contributed by atoms with van der Waals surface area (Å²) < 4.78 is 0. The first-order valence-electron chi connectivity index (χ1n) is 10.7. The van der Waals surface area contributed by atoms with Gasteiger partial charge in [0.1, 0.15) is 0 Å². The van der Waals surface area contributed by atoms with Gasteiger partial charge >= 0.3 is 0 Å². The predicted molar refractivity (Wildman–Crippen MR) is 103 cm³/mol. The van der Waals surface area contributed by atoms with Crippen LogP contribution in [0.4, 0.5) is 0 Å². The highest BCUT2D eigenvalue weighted by Gasteiger charge is 2.13. The SMILES string of the molecule is C[NH+](C)CCCNC(=O)CCCCCCCCCCC1CCCC1. The average molecular weight is 340 g/mol. The first-order chi connectivity index (χ1) is 11.7. The van der Waals surface area contributed by atoms with E-state index in [9.17, 15) is 4.79 Å². The third kappa shape index (κ3) is 12.8. The van der Waals surface area contributed by atoms with E-state index in [2.05, 4.69) is 19.4 Å². The summed E-state index contributed by atoms with van der Waals surface area (Å²) in [6.45, 7) is 1.96. The van der Waals surface area contributed by atoms with Crippen LogP contribution in [-0.2, 0) is 4.79 Å². The van der Waals surface area contributed by atoms with Gasteiger partial charge in [-0.3, -0.25) is 4.79 Å². The molecule has 0 unspecified atom stereocenters. The third-order valence-corrected chi connectivity index (χ3v) is 5.42. The lowest BCUT2D eigenvalue weighted by Gasteiger charge is -2.08. The largest absolute Gasteiger partial charge is 0.356 e. The second-order valence-electron chi connectivity index (χ2n) is 8.18. The predicted octanol–water partition coefficient (Wildman–Crippen LogP) is 3.73. The van der Waals surface area contributed by atoms with Crippen molar-refractivity contribution in [2.24, 2.45) is 5.92 Å². The van der Waals surface area contributed by atoms with Gasteiger partial charge in [-0.25, -0.2) is 0 Å². The smallest absolute Gasteiger partial charge is 0.219 e. The topological polar surface area (TPSA) is 33.5 Å². The van der Waals surface area contributed by atoms with Crippen LogP contribution < -0.4 is 10.2 Å². The van der Waals surface area contributed by atoms with E-state index >= 15 is 0 Å². The lowest BCUT2D eigenvalue weighted by Crippen LogP contribution is -3.05. The molecule has 0 heterocycles. The molecule has 3 nitrogen and oxygen atoms in total. The van der Waals surface area contributed by atoms with E-state index in [1.54, 1.807) is 0 Å². The minimum atomic E-state index is 0.246.